The molecule has 0 aliphatic carbocycles. The van der Waals surface area contributed by atoms with Crippen molar-refractivity contribution in [3.8, 4) is 0 Å². The van der Waals surface area contributed by atoms with Crippen LogP contribution in [0.1, 0.15) is 42.4 Å². The summed E-state index contributed by atoms with van der Waals surface area (Å²) in [6.07, 6.45) is 2.32. The first kappa shape index (κ1) is 18.4. The zero-order chi connectivity index (χ0) is 17.5. The Bertz CT molecular complexity index is 716. The number of hydrogen-bond acceptors (Lipinski definition) is 0. The third kappa shape index (κ3) is 3.73. The van der Waals surface area contributed by atoms with Gasteiger partial charge in [-0.1, -0.05) is 120 Å². The Kier molecular flexibility index (Phi) is 6.45. The van der Waals surface area contributed by atoms with E-state index in [1.165, 1.54) is 23.1 Å². The fraction of sp³-hybridized carbons (Fsp3) is 0.217. The first-order valence-electron chi connectivity index (χ1n) is 8.86. The Morgan fingerprint density at radius 2 is 1.20 bits per heavy atom. The van der Waals surface area contributed by atoms with Crippen molar-refractivity contribution in [3.05, 3.63) is 108 Å². The van der Waals surface area contributed by atoms with E-state index in [2.05, 4.69) is 113 Å². The van der Waals surface area contributed by atoms with Gasteiger partial charge in [0.2, 0.25) is 0 Å². The molecule has 0 saturated carbocycles. The van der Waals surface area contributed by atoms with E-state index in [1.807, 2.05) is 0 Å². The summed E-state index contributed by atoms with van der Waals surface area (Å²) in [5.74, 6) is 0.432. The van der Waals surface area contributed by atoms with E-state index in [0.29, 0.717) is 13.2 Å². The van der Waals surface area contributed by atoms with Gasteiger partial charge in [-0.15, -0.1) is 0 Å². The number of rotatable bonds is 7. The molecular formula is C23H24BrP. The van der Waals surface area contributed by atoms with Gasteiger partial charge in [-0.25, -0.2) is 0 Å². The second-order valence-electron chi connectivity index (χ2n) is 6.39. The Morgan fingerprint density at radius 1 is 0.760 bits per heavy atom. The van der Waals surface area contributed by atoms with Crippen molar-refractivity contribution in [3.63, 3.8) is 0 Å². The molecule has 0 heterocycles. The molecule has 0 amide bonds. The molecule has 3 aromatic rings. The predicted octanol–water partition coefficient (Wildman–Crippen LogP) is 7.50. The fourth-order valence-electron chi connectivity index (χ4n) is 3.75. The molecule has 0 aliphatic rings. The Morgan fingerprint density at radius 3 is 1.60 bits per heavy atom. The average molecular weight is 411 g/mol. The van der Waals surface area contributed by atoms with Crippen molar-refractivity contribution in [2.45, 2.75) is 30.8 Å². The maximum absolute atomic E-state index is 3.94. The third-order valence-corrected chi connectivity index (χ3v) is 8.01. The summed E-state index contributed by atoms with van der Waals surface area (Å²) in [7, 11) is 0.602. The first-order chi connectivity index (χ1) is 12.3. The van der Waals surface area contributed by atoms with Gasteiger partial charge in [0.1, 0.15) is 0 Å². The van der Waals surface area contributed by atoms with Crippen molar-refractivity contribution >= 4 is 22.8 Å². The fourth-order valence-corrected chi connectivity index (χ4v) is 6.95. The second kappa shape index (κ2) is 8.79. The van der Waals surface area contributed by atoms with Crippen molar-refractivity contribution in [1.29, 1.82) is 0 Å². The minimum absolute atomic E-state index is 0.0557. The van der Waals surface area contributed by atoms with Crippen molar-refractivity contribution in [2.75, 3.05) is 0 Å². The summed E-state index contributed by atoms with van der Waals surface area (Å²) in [4.78, 5) is 0. The summed E-state index contributed by atoms with van der Waals surface area (Å²) >= 11 is 3.94. The lowest BCUT2D eigenvalue weighted by Crippen LogP contribution is -2.30. The zero-order valence-corrected chi connectivity index (χ0v) is 17.1. The predicted molar refractivity (Wildman–Crippen MR) is 115 cm³/mol. The highest BCUT2D eigenvalue weighted by Gasteiger charge is 2.41. The minimum atomic E-state index is -0.0557. The first-order valence-corrected chi connectivity index (χ1v) is 12.1. The van der Waals surface area contributed by atoms with E-state index in [-0.39, 0.29) is 5.16 Å². The van der Waals surface area contributed by atoms with Crippen LogP contribution < -0.4 is 0 Å². The Hall–Kier alpha value is -1.43. The largest absolute Gasteiger partial charge is 0.0654 e. The van der Waals surface area contributed by atoms with E-state index in [4.69, 9.17) is 0 Å². The van der Waals surface area contributed by atoms with Gasteiger partial charge in [0.15, 0.2) is 0 Å². The smallest absolute Gasteiger partial charge is 0.0541 e. The molecule has 2 heteroatoms. The molecule has 0 aromatic heterocycles. The molecular weight excluding hydrogens is 387 g/mol. The number of hydrogen-bond donors (Lipinski definition) is 0. The molecule has 0 aliphatic heterocycles. The molecule has 0 bridgehead atoms. The van der Waals surface area contributed by atoms with Crippen LogP contribution in [0.15, 0.2) is 91.0 Å². The van der Waals surface area contributed by atoms with Crippen LogP contribution in [0, 0.1) is 0 Å². The molecule has 0 fully saturated rings. The van der Waals surface area contributed by atoms with Gasteiger partial charge < -0.3 is 0 Å². The molecule has 2 atom stereocenters. The van der Waals surface area contributed by atoms with Gasteiger partial charge in [0, 0.05) is 5.92 Å². The van der Waals surface area contributed by atoms with Gasteiger partial charge >= 0.3 is 0 Å². The molecule has 0 N–H and O–H groups in total. The highest BCUT2D eigenvalue weighted by molar-refractivity contribution is 9.36. The molecule has 3 aromatic carbocycles. The van der Waals surface area contributed by atoms with E-state index < -0.39 is 0 Å². The molecule has 0 saturated heterocycles. The van der Waals surface area contributed by atoms with Gasteiger partial charge in [0.25, 0.3) is 0 Å². The van der Waals surface area contributed by atoms with E-state index in [9.17, 15) is 0 Å². The zero-order valence-electron chi connectivity index (χ0n) is 14.5. The topological polar surface area (TPSA) is 0 Å². The lowest BCUT2D eigenvalue weighted by molar-refractivity contribution is 0.512. The van der Waals surface area contributed by atoms with Gasteiger partial charge in [-0.05, 0) is 30.4 Å². The van der Waals surface area contributed by atoms with E-state index >= 15 is 0 Å². The summed E-state index contributed by atoms with van der Waals surface area (Å²) in [6, 6.07) is 33.0. The maximum Gasteiger partial charge on any atom is 0.0541 e. The third-order valence-electron chi connectivity index (χ3n) is 4.91. The van der Waals surface area contributed by atoms with Gasteiger partial charge in [0.05, 0.1) is 5.16 Å². The lowest BCUT2D eigenvalue weighted by Gasteiger charge is -2.41. The molecule has 0 radical (unpaired) electrons. The van der Waals surface area contributed by atoms with Gasteiger partial charge in [-0.2, -0.15) is 0 Å². The molecule has 0 spiro atoms. The molecule has 3 rings (SSSR count). The number of halogens is 1. The quantitative estimate of drug-likeness (QED) is 0.353. The summed E-state index contributed by atoms with van der Waals surface area (Å²) in [6.45, 7) is 2.29. The van der Waals surface area contributed by atoms with Crippen LogP contribution in [-0.2, 0) is 5.16 Å². The van der Waals surface area contributed by atoms with Crippen LogP contribution in [0.25, 0.3) is 0 Å². The highest BCUT2D eigenvalue weighted by Crippen LogP contribution is 2.60. The van der Waals surface area contributed by atoms with Crippen LogP contribution in [-0.4, -0.2) is 0 Å². The lowest BCUT2D eigenvalue weighted by atomic mass is 9.74. The van der Waals surface area contributed by atoms with Crippen molar-refractivity contribution < 1.29 is 0 Å². The summed E-state index contributed by atoms with van der Waals surface area (Å²) in [5, 5.41) is -0.0557. The average Bonchev–Trinajstić information content (AvgIpc) is 2.70. The van der Waals surface area contributed by atoms with Gasteiger partial charge in [-0.3, -0.25) is 0 Å². The van der Waals surface area contributed by atoms with E-state index in [0.717, 1.165) is 6.42 Å². The number of benzene rings is 3. The SMILES string of the molecule is CCCC(c1ccccc1)C(PBr)(c1ccccc1)c1ccccc1. The molecule has 128 valence electrons. The van der Waals surface area contributed by atoms with Crippen molar-refractivity contribution in [2.24, 2.45) is 0 Å². The van der Waals surface area contributed by atoms with Crippen LogP contribution in [0.5, 0.6) is 0 Å². The standard InChI is InChI=1S/C23H24BrP/c1-2-12-22(19-13-6-3-7-14-19)23(25-24,20-15-8-4-9-16-20)21-17-10-5-11-18-21/h3-11,13-18,22,25H,2,12H2,1H3. The highest BCUT2D eigenvalue weighted by atomic mass is 79.9. The Labute approximate surface area is 161 Å². The summed E-state index contributed by atoms with van der Waals surface area (Å²) in [5.41, 5.74) is 4.20. The minimum Gasteiger partial charge on any atom is -0.0654 e. The maximum atomic E-state index is 3.94. The molecule has 25 heavy (non-hydrogen) atoms. The van der Waals surface area contributed by atoms with Crippen LogP contribution >= 0.6 is 22.8 Å². The molecule has 2 unspecified atom stereocenters. The molecule has 0 nitrogen and oxygen atoms in total. The monoisotopic (exact) mass is 410 g/mol. The second-order valence-corrected chi connectivity index (χ2v) is 8.55. The van der Waals surface area contributed by atoms with Crippen molar-refractivity contribution in [1.82, 2.24) is 0 Å². The van der Waals surface area contributed by atoms with Crippen LogP contribution in [0.4, 0.5) is 0 Å². The summed E-state index contributed by atoms with van der Waals surface area (Å²) < 4.78 is 0. The van der Waals surface area contributed by atoms with Crippen LogP contribution in [0.3, 0.4) is 0 Å². The Balaban J connectivity index is 2.25. The van der Waals surface area contributed by atoms with Crippen LogP contribution in [0.2, 0.25) is 0 Å². The normalized spacial score (nSPS) is 13.2. The van der Waals surface area contributed by atoms with E-state index in [1.54, 1.807) is 0 Å².